The van der Waals surface area contributed by atoms with Crippen molar-refractivity contribution in [1.29, 1.82) is 0 Å². The molecule has 0 atom stereocenters. The largest absolute Gasteiger partial charge is 0.486 e. The predicted molar refractivity (Wildman–Crippen MR) is 104 cm³/mol. The molecule has 0 spiro atoms. The maximum atomic E-state index is 14.3. The van der Waals surface area contributed by atoms with Crippen molar-refractivity contribution in [3.8, 4) is 5.75 Å². The SMILES string of the molecule is Cc1ccc(C2=C(COc3ccc(CCC(=O)O)c(F)c3F)CCC2)cc1C. The van der Waals surface area contributed by atoms with E-state index in [4.69, 9.17) is 9.84 Å². The summed E-state index contributed by atoms with van der Waals surface area (Å²) >= 11 is 0. The van der Waals surface area contributed by atoms with Gasteiger partial charge >= 0.3 is 5.97 Å². The van der Waals surface area contributed by atoms with Gasteiger partial charge in [0.15, 0.2) is 11.6 Å². The number of allylic oxidation sites excluding steroid dienone is 1. The highest BCUT2D eigenvalue weighted by molar-refractivity contribution is 5.71. The van der Waals surface area contributed by atoms with Crippen LogP contribution in [-0.2, 0) is 11.2 Å². The zero-order valence-corrected chi connectivity index (χ0v) is 16.1. The highest BCUT2D eigenvalue weighted by Crippen LogP contribution is 2.35. The van der Waals surface area contributed by atoms with E-state index in [0.717, 1.165) is 30.4 Å². The number of ether oxygens (including phenoxy) is 1. The number of rotatable bonds is 7. The Labute approximate surface area is 163 Å². The third kappa shape index (κ3) is 4.41. The van der Waals surface area contributed by atoms with E-state index in [1.54, 1.807) is 0 Å². The molecule has 2 aromatic carbocycles. The van der Waals surface area contributed by atoms with Crippen LogP contribution in [0.15, 0.2) is 35.9 Å². The molecular formula is C23H24F2O3. The van der Waals surface area contributed by atoms with Gasteiger partial charge in [0.25, 0.3) is 0 Å². The van der Waals surface area contributed by atoms with Crippen LogP contribution in [0.25, 0.3) is 5.57 Å². The van der Waals surface area contributed by atoms with Gasteiger partial charge in [0.2, 0.25) is 5.82 Å². The van der Waals surface area contributed by atoms with Crippen LogP contribution in [0.1, 0.15) is 47.9 Å². The number of aryl methyl sites for hydroxylation is 3. The summed E-state index contributed by atoms with van der Waals surface area (Å²) in [5.41, 5.74) is 6.00. The number of carbonyl (C=O) groups is 1. The van der Waals surface area contributed by atoms with Gasteiger partial charge in [0.1, 0.15) is 6.61 Å². The van der Waals surface area contributed by atoms with Crippen LogP contribution in [0.3, 0.4) is 0 Å². The van der Waals surface area contributed by atoms with E-state index in [0.29, 0.717) is 0 Å². The molecule has 0 bridgehead atoms. The van der Waals surface area contributed by atoms with Crippen molar-refractivity contribution < 1.29 is 23.4 Å². The Kier molecular flexibility index (Phi) is 6.12. The molecule has 0 aromatic heterocycles. The lowest BCUT2D eigenvalue weighted by atomic mass is 9.98. The van der Waals surface area contributed by atoms with E-state index in [-0.39, 0.29) is 30.8 Å². The van der Waals surface area contributed by atoms with Gasteiger partial charge in [-0.3, -0.25) is 4.79 Å². The van der Waals surface area contributed by atoms with Crippen LogP contribution in [0, 0.1) is 25.5 Å². The number of carboxylic acid groups (broad SMARTS) is 1. The first-order valence-electron chi connectivity index (χ1n) is 9.46. The van der Waals surface area contributed by atoms with E-state index in [2.05, 4.69) is 32.0 Å². The molecule has 1 N–H and O–H groups in total. The van der Waals surface area contributed by atoms with Crippen LogP contribution < -0.4 is 4.74 Å². The fourth-order valence-corrected chi connectivity index (χ4v) is 3.53. The smallest absolute Gasteiger partial charge is 0.303 e. The quantitative estimate of drug-likeness (QED) is 0.672. The minimum atomic E-state index is -1.06. The predicted octanol–water partition coefficient (Wildman–Crippen LogP) is 5.62. The minimum Gasteiger partial charge on any atom is -0.486 e. The first kappa shape index (κ1) is 20.1. The summed E-state index contributed by atoms with van der Waals surface area (Å²) in [6, 6.07) is 9.12. The van der Waals surface area contributed by atoms with Gasteiger partial charge in [-0.25, -0.2) is 4.39 Å². The lowest BCUT2D eigenvalue weighted by Gasteiger charge is -2.13. The van der Waals surface area contributed by atoms with Crippen molar-refractivity contribution in [3.05, 3.63) is 69.8 Å². The molecular weight excluding hydrogens is 362 g/mol. The number of benzene rings is 2. The summed E-state index contributed by atoms with van der Waals surface area (Å²) in [4.78, 5) is 10.6. The van der Waals surface area contributed by atoms with Gasteiger partial charge in [-0.1, -0.05) is 24.3 Å². The van der Waals surface area contributed by atoms with Crippen LogP contribution >= 0.6 is 0 Å². The second-order valence-electron chi connectivity index (χ2n) is 7.27. The van der Waals surface area contributed by atoms with Crippen LogP contribution in [-0.4, -0.2) is 17.7 Å². The van der Waals surface area contributed by atoms with Crippen molar-refractivity contribution in [2.45, 2.75) is 46.0 Å². The van der Waals surface area contributed by atoms with Gasteiger partial charge in [-0.2, -0.15) is 4.39 Å². The van der Waals surface area contributed by atoms with E-state index in [1.165, 1.54) is 28.8 Å². The third-order valence-corrected chi connectivity index (χ3v) is 5.32. The molecule has 0 heterocycles. The molecule has 0 amide bonds. The second-order valence-corrected chi connectivity index (χ2v) is 7.27. The molecule has 0 saturated heterocycles. The maximum Gasteiger partial charge on any atom is 0.303 e. The van der Waals surface area contributed by atoms with Crippen LogP contribution in [0.5, 0.6) is 5.75 Å². The summed E-state index contributed by atoms with van der Waals surface area (Å²) in [5, 5.41) is 8.70. The Hall–Kier alpha value is -2.69. The highest BCUT2D eigenvalue weighted by atomic mass is 19.2. The molecule has 28 heavy (non-hydrogen) atoms. The summed E-state index contributed by atoms with van der Waals surface area (Å²) in [6.45, 7) is 4.37. The molecule has 1 aliphatic rings. The monoisotopic (exact) mass is 386 g/mol. The number of halogens is 2. The third-order valence-electron chi connectivity index (χ3n) is 5.32. The summed E-state index contributed by atoms with van der Waals surface area (Å²) < 4.78 is 34.1. The Balaban J connectivity index is 1.76. The lowest BCUT2D eigenvalue weighted by Crippen LogP contribution is -2.06. The van der Waals surface area contributed by atoms with E-state index < -0.39 is 17.6 Å². The highest BCUT2D eigenvalue weighted by Gasteiger charge is 2.19. The molecule has 0 radical (unpaired) electrons. The van der Waals surface area contributed by atoms with E-state index in [1.807, 2.05) is 0 Å². The number of carboxylic acids is 1. The Morgan fingerprint density at radius 3 is 2.57 bits per heavy atom. The van der Waals surface area contributed by atoms with E-state index in [9.17, 15) is 13.6 Å². The molecule has 0 aliphatic heterocycles. The molecule has 1 aliphatic carbocycles. The molecule has 0 fully saturated rings. The fourth-order valence-electron chi connectivity index (χ4n) is 3.53. The van der Waals surface area contributed by atoms with Gasteiger partial charge in [0.05, 0.1) is 0 Å². The van der Waals surface area contributed by atoms with Crippen molar-refractivity contribution in [2.75, 3.05) is 6.61 Å². The molecule has 5 heteroatoms. The second kappa shape index (κ2) is 8.55. The summed E-state index contributed by atoms with van der Waals surface area (Å²) in [7, 11) is 0. The Morgan fingerprint density at radius 2 is 1.86 bits per heavy atom. The number of hydrogen-bond donors (Lipinski definition) is 1. The van der Waals surface area contributed by atoms with E-state index >= 15 is 0 Å². The van der Waals surface area contributed by atoms with Crippen molar-refractivity contribution in [2.24, 2.45) is 0 Å². The maximum absolute atomic E-state index is 14.3. The van der Waals surface area contributed by atoms with Gasteiger partial charge < -0.3 is 9.84 Å². The first-order valence-corrected chi connectivity index (χ1v) is 9.46. The van der Waals surface area contributed by atoms with Gasteiger partial charge in [-0.05, 0) is 79.0 Å². The molecule has 3 nitrogen and oxygen atoms in total. The summed E-state index contributed by atoms with van der Waals surface area (Å²) in [6.07, 6.45) is 2.55. The van der Waals surface area contributed by atoms with Crippen molar-refractivity contribution >= 4 is 11.5 Å². The van der Waals surface area contributed by atoms with Gasteiger partial charge in [0, 0.05) is 6.42 Å². The molecule has 2 aromatic rings. The standard InChI is InChI=1S/C23H24F2O3/c1-14-6-7-17(12-15(14)2)19-5-3-4-18(19)13-28-20-10-8-16(9-11-21(26)27)22(24)23(20)25/h6-8,10,12H,3-5,9,11,13H2,1-2H3,(H,26,27). The Morgan fingerprint density at radius 1 is 1.07 bits per heavy atom. The average molecular weight is 386 g/mol. The van der Waals surface area contributed by atoms with Crippen LogP contribution in [0.2, 0.25) is 0 Å². The topological polar surface area (TPSA) is 46.5 Å². The van der Waals surface area contributed by atoms with Crippen LogP contribution in [0.4, 0.5) is 8.78 Å². The molecule has 3 rings (SSSR count). The Bertz CT molecular complexity index is 932. The molecule has 148 valence electrons. The van der Waals surface area contributed by atoms with Gasteiger partial charge in [-0.15, -0.1) is 0 Å². The zero-order valence-electron chi connectivity index (χ0n) is 16.1. The number of aliphatic carboxylic acids is 1. The minimum absolute atomic E-state index is 0.0446. The normalized spacial score (nSPS) is 13.9. The molecule has 0 saturated carbocycles. The number of hydrogen-bond acceptors (Lipinski definition) is 2. The fraction of sp³-hybridized carbons (Fsp3) is 0.348. The molecule has 0 unspecified atom stereocenters. The van der Waals surface area contributed by atoms with Crippen molar-refractivity contribution in [1.82, 2.24) is 0 Å². The zero-order chi connectivity index (χ0) is 20.3. The average Bonchev–Trinajstić information content (AvgIpc) is 3.13. The lowest BCUT2D eigenvalue weighted by molar-refractivity contribution is -0.136. The summed E-state index contributed by atoms with van der Waals surface area (Å²) in [5.74, 6) is -3.29. The first-order chi connectivity index (χ1) is 13.4. The van der Waals surface area contributed by atoms with Crippen molar-refractivity contribution in [3.63, 3.8) is 0 Å².